The fraction of sp³-hybridized carbons (Fsp3) is 0.533. The lowest BCUT2D eigenvalue weighted by molar-refractivity contribution is -0.139. The number of nitrogens with one attached hydrogen (secondary N) is 2. The molecule has 1 aliphatic carbocycles. The Labute approximate surface area is 116 Å². The number of carboxylic acid groups (broad SMARTS) is 1. The van der Waals surface area contributed by atoms with E-state index in [0.29, 0.717) is 6.42 Å². The van der Waals surface area contributed by atoms with Crippen molar-refractivity contribution in [3.05, 3.63) is 36.5 Å². The van der Waals surface area contributed by atoms with Crippen molar-refractivity contribution in [3.63, 3.8) is 0 Å². The lowest BCUT2D eigenvalue weighted by atomic mass is 10.0. The van der Waals surface area contributed by atoms with Crippen molar-refractivity contribution < 1.29 is 9.90 Å². The zero-order chi connectivity index (χ0) is 14.3. The molecule has 0 spiro atoms. The monoisotopic (exact) mass is 266 g/mol. The highest BCUT2D eigenvalue weighted by atomic mass is 16.4. The van der Waals surface area contributed by atoms with Gasteiger partial charge in [0.25, 0.3) is 0 Å². The highest BCUT2D eigenvalue weighted by Crippen LogP contribution is 2.10. The average molecular weight is 266 g/mol. The first-order valence-electron chi connectivity index (χ1n) is 6.84. The van der Waals surface area contributed by atoms with Gasteiger partial charge in [-0.05, 0) is 19.5 Å². The summed E-state index contributed by atoms with van der Waals surface area (Å²) in [6.45, 7) is 8.29. The van der Waals surface area contributed by atoms with Gasteiger partial charge in [-0.2, -0.15) is 0 Å². The molecule has 0 bridgehead atoms. The van der Waals surface area contributed by atoms with E-state index >= 15 is 0 Å². The Bertz CT molecular complexity index is 299. The van der Waals surface area contributed by atoms with E-state index in [9.17, 15) is 4.79 Å². The van der Waals surface area contributed by atoms with Gasteiger partial charge in [0.1, 0.15) is 0 Å². The fourth-order valence-electron chi connectivity index (χ4n) is 1.39. The molecule has 3 N–H and O–H groups in total. The molecule has 0 amide bonds. The van der Waals surface area contributed by atoms with Crippen LogP contribution in [0.25, 0.3) is 0 Å². The van der Waals surface area contributed by atoms with Crippen LogP contribution in [0.4, 0.5) is 0 Å². The van der Waals surface area contributed by atoms with E-state index < -0.39 is 5.97 Å². The van der Waals surface area contributed by atoms with E-state index in [0.717, 1.165) is 26.2 Å². The van der Waals surface area contributed by atoms with Gasteiger partial charge < -0.3 is 15.7 Å². The topological polar surface area (TPSA) is 61.4 Å². The van der Waals surface area contributed by atoms with E-state index in [1.165, 1.54) is 0 Å². The van der Waals surface area contributed by atoms with Crippen molar-refractivity contribution in [1.29, 1.82) is 0 Å². The fourth-order valence-corrected chi connectivity index (χ4v) is 1.39. The number of hydrogen-bond donors (Lipinski definition) is 3. The van der Waals surface area contributed by atoms with Crippen LogP contribution in [0.2, 0.25) is 0 Å². The summed E-state index contributed by atoms with van der Waals surface area (Å²) >= 11 is 0. The normalized spacial score (nSPS) is 17.3. The van der Waals surface area contributed by atoms with Crippen LogP contribution < -0.4 is 10.6 Å². The van der Waals surface area contributed by atoms with Crippen LogP contribution in [-0.2, 0) is 4.79 Å². The van der Waals surface area contributed by atoms with Crippen molar-refractivity contribution in [2.45, 2.75) is 20.3 Å². The molecule has 0 aromatic heterocycles. The average Bonchev–Trinajstić information content (AvgIpc) is 2.44. The molecule has 1 unspecified atom stereocenters. The zero-order valence-corrected chi connectivity index (χ0v) is 11.9. The number of aliphatic carboxylic acids is 1. The van der Waals surface area contributed by atoms with Gasteiger partial charge in [0.05, 0.1) is 5.92 Å². The molecule has 19 heavy (non-hydrogen) atoms. The molecule has 108 valence electrons. The van der Waals surface area contributed by atoms with Crippen LogP contribution in [0.3, 0.4) is 0 Å². The number of rotatable bonds is 7. The highest BCUT2D eigenvalue weighted by Gasteiger charge is 2.12. The number of hydrogen-bond acceptors (Lipinski definition) is 3. The molecule has 1 aliphatic rings. The third kappa shape index (κ3) is 11.4. The lowest BCUT2D eigenvalue weighted by Crippen LogP contribution is -2.14. The van der Waals surface area contributed by atoms with Crippen LogP contribution in [0.1, 0.15) is 20.3 Å². The second kappa shape index (κ2) is 13.1. The van der Waals surface area contributed by atoms with Crippen molar-refractivity contribution in [1.82, 2.24) is 10.6 Å². The summed E-state index contributed by atoms with van der Waals surface area (Å²) in [5, 5.41) is 14.9. The largest absolute Gasteiger partial charge is 0.481 e. The van der Waals surface area contributed by atoms with Crippen molar-refractivity contribution in [3.8, 4) is 0 Å². The van der Waals surface area contributed by atoms with E-state index in [1.54, 1.807) is 12.2 Å². The number of carboxylic acids is 1. The Kier molecular flexibility index (Phi) is 12.1. The lowest BCUT2D eigenvalue weighted by Gasteiger charge is -2.04. The Morgan fingerprint density at radius 1 is 1.21 bits per heavy atom. The molecular weight excluding hydrogens is 240 g/mol. The molecule has 0 aromatic carbocycles. The maximum absolute atomic E-state index is 10.3. The van der Waals surface area contributed by atoms with Gasteiger partial charge in [-0.15, -0.1) is 0 Å². The minimum absolute atomic E-state index is 0.296. The van der Waals surface area contributed by atoms with Gasteiger partial charge in [-0.25, -0.2) is 0 Å². The molecule has 4 nitrogen and oxygen atoms in total. The third-order valence-corrected chi connectivity index (χ3v) is 2.49. The van der Waals surface area contributed by atoms with Gasteiger partial charge in [-0.3, -0.25) is 4.79 Å². The number of carbonyl (C=O) groups is 1. The molecule has 0 heterocycles. The number of allylic oxidation sites excluding steroid dienone is 3. The third-order valence-electron chi connectivity index (χ3n) is 2.49. The Morgan fingerprint density at radius 3 is 2.11 bits per heavy atom. The highest BCUT2D eigenvalue weighted by molar-refractivity contribution is 5.72. The van der Waals surface area contributed by atoms with Crippen LogP contribution in [0.5, 0.6) is 0 Å². The second-order valence-electron chi connectivity index (χ2n) is 4.08. The predicted octanol–water partition coefficient (Wildman–Crippen LogP) is 1.96. The summed E-state index contributed by atoms with van der Waals surface area (Å²) in [4.78, 5) is 10.3. The molecule has 0 fully saturated rings. The summed E-state index contributed by atoms with van der Waals surface area (Å²) in [5.74, 6) is -1.04. The Balaban J connectivity index is 0.000000342. The molecular formula is C15H26N2O2. The smallest absolute Gasteiger partial charge is 0.310 e. The minimum Gasteiger partial charge on any atom is -0.481 e. The number of likely N-dealkylation sites (N-methyl/N-ethyl adjacent to an activating group) is 2. The van der Waals surface area contributed by atoms with E-state index in [1.807, 2.05) is 12.2 Å². The maximum Gasteiger partial charge on any atom is 0.310 e. The quantitative estimate of drug-likeness (QED) is 0.487. The predicted molar refractivity (Wildman–Crippen MR) is 80.3 cm³/mol. The summed E-state index contributed by atoms with van der Waals surface area (Å²) in [6, 6.07) is 0. The molecule has 0 radical (unpaired) electrons. The van der Waals surface area contributed by atoms with Crippen LogP contribution in [0, 0.1) is 5.92 Å². The Hall–Kier alpha value is -1.39. The molecule has 0 saturated heterocycles. The van der Waals surface area contributed by atoms with Crippen molar-refractivity contribution in [2.75, 3.05) is 26.2 Å². The van der Waals surface area contributed by atoms with Gasteiger partial charge in [-0.1, -0.05) is 50.3 Å². The molecule has 4 heteroatoms. The van der Waals surface area contributed by atoms with Gasteiger partial charge in [0.15, 0.2) is 0 Å². The van der Waals surface area contributed by atoms with Crippen LogP contribution in [-0.4, -0.2) is 37.3 Å². The first kappa shape index (κ1) is 17.6. The molecule has 0 aromatic rings. The van der Waals surface area contributed by atoms with Crippen LogP contribution in [0.15, 0.2) is 36.5 Å². The molecule has 0 saturated carbocycles. The van der Waals surface area contributed by atoms with Gasteiger partial charge >= 0.3 is 5.97 Å². The summed E-state index contributed by atoms with van der Waals surface area (Å²) < 4.78 is 0. The standard InChI is InChI=1S/C8H18N2.C7H8O2/c1-3-9-7-5-6-8-10-4-2;8-7(9)6-4-2-1-3-5-6/h5-6,9-10H,3-4,7-8H2,1-2H3;1-4,6H,5H2,(H,8,9). The first-order chi connectivity index (χ1) is 9.22. The van der Waals surface area contributed by atoms with Crippen LogP contribution >= 0.6 is 0 Å². The second-order valence-corrected chi connectivity index (χ2v) is 4.08. The minimum atomic E-state index is -0.740. The zero-order valence-electron chi connectivity index (χ0n) is 11.9. The summed E-state index contributed by atoms with van der Waals surface area (Å²) in [5.41, 5.74) is 0. The van der Waals surface area contributed by atoms with Gasteiger partial charge in [0.2, 0.25) is 0 Å². The van der Waals surface area contributed by atoms with Crippen molar-refractivity contribution in [2.24, 2.45) is 5.92 Å². The SMILES string of the molecule is CCNCC=CCNCC.O=C(O)C1C=CC=CC1. The maximum atomic E-state index is 10.3. The first-order valence-corrected chi connectivity index (χ1v) is 6.84. The van der Waals surface area contributed by atoms with Gasteiger partial charge in [0, 0.05) is 13.1 Å². The van der Waals surface area contributed by atoms with E-state index in [-0.39, 0.29) is 5.92 Å². The Morgan fingerprint density at radius 2 is 1.79 bits per heavy atom. The molecule has 1 rings (SSSR count). The van der Waals surface area contributed by atoms with E-state index in [2.05, 4.69) is 36.6 Å². The summed E-state index contributed by atoms with van der Waals surface area (Å²) in [6.07, 6.45) is 12.1. The molecule has 1 atom stereocenters. The van der Waals surface area contributed by atoms with Crippen molar-refractivity contribution >= 4 is 5.97 Å². The molecule has 0 aliphatic heterocycles. The summed E-state index contributed by atoms with van der Waals surface area (Å²) in [7, 11) is 0. The van der Waals surface area contributed by atoms with E-state index in [4.69, 9.17) is 5.11 Å².